The summed E-state index contributed by atoms with van der Waals surface area (Å²) in [6, 6.07) is 0. The molecule has 1 saturated carbocycles. The summed E-state index contributed by atoms with van der Waals surface area (Å²) in [6.07, 6.45) is 4.74. The molecule has 2 heteroatoms. The van der Waals surface area contributed by atoms with Gasteiger partial charge < -0.3 is 9.47 Å². The maximum atomic E-state index is 6.12. The Morgan fingerprint density at radius 3 is 2.44 bits per heavy atom. The van der Waals surface area contributed by atoms with Gasteiger partial charge in [0.25, 0.3) is 0 Å². The van der Waals surface area contributed by atoms with Gasteiger partial charge in [0.2, 0.25) is 0 Å². The number of rotatable bonds is 5. The molecule has 1 aliphatic carbocycles. The van der Waals surface area contributed by atoms with E-state index in [4.69, 9.17) is 9.47 Å². The number of ether oxygens (including phenoxy) is 2. The van der Waals surface area contributed by atoms with E-state index in [9.17, 15) is 0 Å². The van der Waals surface area contributed by atoms with E-state index in [1.165, 1.54) is 19.3 Å². The molecule has 0 aromatic rings. The molecule has 1 saturated heterocycles. The van der Waals surface area contributed by atoms with Crippen LogP contribution in [0.5, 0.6) is 0 Å². The van der Waals surface area contributed by atoms with E-state index in [1.54, 1.807) is 0 Å². The lowest BCUT2D eigenvalue weighted by Crippen LogP contribution is -2.32. The first-order valence-electron chi connectivity index (χ1n) is 7.65. The lowest BCUT2D eigenvalue weighted by Gasteiger charge is -2.32. The van der Waals surface area contributed by atoms with Crippen molar-refractivity contribution in [3.63, 3.8) is 0 Å². The highest BCUT2D eigenvalue weighted by Gasteiger charge is 2.55. The van der Waals surface area contributed by atoms with Crippen molar-refractivity contribution in [1.29, 1.82) is 0 Å². The van der Waals surface area contributed by atoms with Gasteiger partial charge in [-0.25, -0.2) is 0 Å². The van der Waals surface area contributed by atoms with Gasteiger partial charge in [0.15, 0.2) is 0 Å². The summed E-state index contributed by atoms with van der Waals surface area (Å²) in [7, 11) is 0. The average Bonchev–Trinajstić information content (AvgIpc) is 3.00. The SMILES string of the molecule is CC(C)OCC1(C)CC1C1CCC(C(C)C)CO1. The minimum atomic E-state index is 0.348. The summed E-state index contributed by atoms with van der Waals surface area (Å²) in [6.45, 7) is 13.1. The van der Waals surface area contributed by atoms with Gasteiger partial charge in [-0.05, 0) is 56.3 Å². The van der Waals surface area contributed by atoms with Gasteiger partial charge in [-0.3, -0.25) is 0 Å². The molecule has 0 bridgehead atoms. The molecule has 2 fully saturated rings. The molecule has 0 radical (unpaired) electrons. The highest BCUT2D eigenvalue weighted by atomic mass is 16.5. The van der Waals surface area contributed by atoms with Crippen molar-refractivity contribution in [1.82, 2.24) is 0 Å². The first-order chi connectivity index (χ1) is 8.42. The van der Waals surface area contributed by atoms with Crippen LogP contribution in [-0.4, -0.2) is 25.4 Å². The monoisotopic (exact) mass is 254 g/mol. The van der Waals surface area contributed by atoms with Gasteiger partial charge in [0.05, 0.1) is 25.4 Å². The van der Waals surface area contributed by atoms with Gasteiger partial charge in [0, 0.05) is 0 Å². The smallest absolute Gasteiger partial charge is 0.0609 e. The zero-order chi connectivity index (χ0) is 13.3. The molecule has 0 amide bonds. The highest BCUT2D eigenvalue weighted by molar-refractivity contribution is 5.03. The molecule has 1 aliphatic heterocycles. The molecule has 106 valence electrons. The Morgan fingerprint density at radius 1 is 1.22 bits per heavy atom. The molecule has 2 rings (SSSR count). The van der Waals surface area contributed by atoms with E-state index in [0.29, 0.717) is 17.6 Å². The van der Waals surface area contributed by atoms with Crippen LogP contribution in [0.2, 0.25) is 0 Å². The fourth-order valence-corrected chi connectivity index (χ4v) is 3.18. The molecule has 2 aliphatic rings. The molecule has 1 heterocycles. The average molecular weight is 254 g/mol. The van der Waals surface area contributed by atoms with Crippen LogP contribution in [0.15, 0.2) is 0 Å². The Hall–Kier alpha value is -0.0800. The van der Waals surface area contributed by atoms with Crippen molar-refractivity contribution < 1.29 is 9.47 Å². The van der Waals surface area contributed by atoms with Crippen LogP contribution < -0.4 is 0 Å². The second-order valence-corrected chi connectivity index (χ2v) is 7.28. The molecule has 4 unspecified atom stereocenters. The Morgan fingerprint density at radius 2 is 1.94 bits per heavy atom. The third kappa shape index (κ3) is 3.27. The lowest BCUT2D eigenvalue weighted by molar-refractivity contribution is -0.0510. The van der Waals surface area contributed by atoms with Crippen LogP contribution >= 0.6 is 0 Å². The third-order valence-electron chi connectivity index (χ3n) is 4.91. The first-order valence-corrected chi connectivity index (χ1v) is 7.65. The Kier molecular flexibility index (Phi) is 4.38. The van der Waals surface area contributed by atoms with Crippen LogP contribution in [0.25, 0.3) is 0 Å². The molecule has 0 aromatic heterocycles. The van der Waals surface area contributed by atoms with E-state index in [0.717, 1.165) is 31.0 Å². The van der Waals surface area contributed by atoms with Crippen LogP contribution in [0.4, 0.5) is 0 Å². The van der Waals surface area contributed by atoms with E-state index < -0.39 is 0 Å². The maximum Gasteiger partial charge on any atom is 0.0609 e. The molecule has 4 atom stereocenters. The highest BCUT2D eigenvalue weighted by Crippen LogP contribution is 2.56. The number of hydrogen-bond acceptors (Lipinski definition) is 2. The van der Waals surface area contributed by atoms with Crippen molar-refractivity contribution in [3.05, 3.63) is 0 Å². The summed E-state index contributed by atoms with van der Waals surface area (Å²) in [5, 5.41) is 0. The van der Waals surface area contributed by atoms with Crippen molar-refractivity contribution in [2.75, 3.05) is 13.2 Å². The normalized spacial score (nSPS) is 40.5. The summed E-state index contributed by atoms with van der Waals surface area (Å²) in [5.41, 5.74) is 0.388. The van der Waals surface area contributed by atoms with E-state index in [2.05, 4.69) is 34.6 Å². The van der Waals surface area contributed by atoms with Crippen molar-refractivity contribution in [2.24, 2.45) is 23.2 Å². The summed E-state index contributed by atoms with van der Waals surface area (Å²) >= 11 is 0. The topological polar surface area (TPSA) is 18.5 Å². The van der Waals surface area contributed by atoms with Crippen molar-refractivity contribution in [3.8, 4) is 0 Å². The van der Waals surface area contributed by atoms with Crippen LogP contribution in [0.3, 0.4) is 0 Å². The zero-order valence-corrected chi connectivity index (χ0v) is 12.7. The van der Waals surface area contributed by atoms with Crippen molar-refractivity contribution in [2.45, 2.75) is 66.1 Å². The van der Waals surface area contributed by atoms with Crippen molar-refractivity contribution >= 4 is 0 Å². The molecule has 18 heavy (non-hydrogen) atoms. The molecular formula is C16H30O2. The first kappa shape index (κ1) is 14.3. The standard InChI is InChI=1S/C16H30O2/c1-11(2)13-6-7-15(17-9-13)14-8-16(14,5)10-18-12(3)4/h11-15H,6-10H2,1-5H3. The maximum absolute atomic E-state index is 6.12. The van der Waals surface area contributed by atoms with Gasteiger partial charge in [-0.15, -0.1) is 0 Å². The molecule has 2 nitrogen and oxygen atoms in total. The van der Waals surface area contributed by atoms with Gasteiger partial charge >= 0.3 is 0 Å². The summed E-state index contributed by atoms with van der Waals surface area (Å²) in [5.74, 6) is 2.28. The summed E-state index contributed by atoms with van der Waals surface area (Å²) in [4.78, 5) is 0. The van der Waals surface area contributed by atoms with Gasteiger partial charge in [-0.2, -0.15) is 0 Å². The van der Waals surface area contributed by atoms with Crippen LogP contribution in [-0.2, 0) is 9.47 Å². The van der Waals surface area contributed by atoms with Crippen LogP contribution in [0.1, 0.15) is 53.9 Å². The fourth-order valence-electron chi connectivity index (χ4n) is 3.18. The number of hydrogen-bond donors (Lipinski definition) is 0. The predicted molar refractivity (Wildman–Crippen MR) is 74.6 cm³/mol. The van der Waals surface area contributed by atoms with E-state index in [-0.39, 0.29) is 0 Å². The fraction of sp³-hybridized carbons (Fsp3) is 1.00. The minimum Gasteiger partial charge on any atom is -0.378 e. The van der Waals surface area contributed by atoms with E-state index >= 15 is 0 Å². The van der Waals surface area contributed by atoms with Gasteiger partial charge in [0.1, 0.15) is 0 Å². The summed E-state index contributed by atoms with van der Waals surface area (Å²) < 4.78 is 11.9. The second kappa shape index (κ2) is 5.50. The molecule has 0 N–H and O–H groups in total. The largest absolute Gasteiger partial charge is 0.378 e. The quantitative estimate of drug-likeness (QED) is 0.741. The minimum absolute atomic E-state index is 0.348. The Balaban J connectivity index is 1.75. The van der Waals surface area contributed by atoms with E-state index in [1.807, 2.05) is 0 Å². The van der Waals surface area contributed by atoms with Gasteiger partial charge in [-0.1, -0.05) is 20.8 Å². The lowest BCUT2D eigenvalue weighted by atomic mass is 9.87. The predicted octanol–water partition coefficient (Wildman–Crippen LogP) is 3.89. The third-order valence-corrected chi connectivity index (χ3v) is 4.91. The second-order valence-electron chi connectivity index (χ2n) is 7.28. The molecule has 0 spiro atoms. The molecule has 0 aromatic carbocycles. The zero-order valence-electron chi connectivity index (χ0n) is 12.7. The molecular weight excluding hydrogens is 224 g/mol. The van der Waals surface area contributed by atoms with Crippen LogP contribution in [0, 0.1) is 23.2 Å². The Bertz CT molecular complexity index is 266. The Labute approximate surface area is 112 Å².